The Bertz CT molecular complexity index is 364. The van der Waals surface area contributed by atoms with Gasteiger partial charge in [-0.1, -0.05) is 13.8 Å². The summed E-state index contributed by atoms with van der Waals surface area (Å²) in [6.07, 6.45) is 5.56. The van der Waals surface area contributed by atoms with Gasteiger partial charge in [0.1, 0.15) is 5.82 Å². The van der Waals surface area contributed by atoms with E-state index >= 15 is 0 Å². The summed E-state index contributed by atoms with van der Waals surface area (Å²) in [5.41, 5.74) is 5.63. The van der Waals surface area contributed by atoms with E-state index in [9.17, 15) is 0 Å². The molecule has 2 heterocycles. The highest BCUT2D eigenvalue weighted by Gasteiger charge is 2.20. The van der Waals surface area contributed by atoms with Crippen molar-refractivity contribution in [1.29, 1.82) is 0 Å². The van der Waals surface area contributed by atoms with Crippen molar-refractivity contribution in [3.05, 3.63) is 12.3 Å². The maximum atomic E-state index is 5.63. The Balaban J connectivity index is 2.04. The monoisotopic (exact) mass is 234 g/mol. The lowest BCUT2D eigenvalue weighted by Crippen LogP contribution is -2.25. The van der Waals surface area contributed by atoms with Crippen molar-refractivity contribution < 1.29 is 0 Å². The standard InChI is InChI=1S/C13H22N4/c1-10(2)11-4-3-8-17(9-6-11)12-5-7-15-13(14)16-12/h5,7,10-11H,3-4,6,8-9H2,1-2H3,(H2,14,15,16). The summed E-state index contributed by atoms with van der Waals surface area (Å²) in [5, 5.41) is 0. The molecule has 1 aliphatic heterocycles. The zero-order valence-corrected chi connectivity index (χ0v) is 10.8. The predicted octanol–water partition coefficient (Wildman–Crippen LogP) is 2.32. The second-order valence-corrected chi connectivity index (χ2v) is 5.20. The molecule has 0 bridgehead atoms. The summed E-state index contributed by atoms with van der Waals surface area (Å²) in [5.74, 6) is 2.97. The van der Waals surface area contributed by atoms with Crippen LogP contribution in [0.1, 0.15) is 33.1 Å². The average molecular weight is 234 g/mol. The Morgan fingerprint density at radius 1 is 1.35 bits per heavy atom. The van der Waals surface area contributed by atoms with E-state index in [1.165, 1.54) is 19.3 Å². The maximum Gasteiger partial charge on any atom is 0.221 e. The van der Waals surface area contributed by atoms with Crippen molar-refractivity contribution in [2.24, 2.45) is 11.8 Å². The zero-order valence-electron chi connectivity index (χ0n) is 10.8. The van der Waals surface area contributed by atoms with Crippen molar-refractivity contribution in [3.8, 4) is 0 Å². The Labute approximate surface area is 103 Å². The molecule has 1 atom stereocenters. The summed E-state index contributed by atoms with van der Waals surface area (Å²) >= 11 is 0. The van der Waals surface area contributed by atoms with Gasteiger partial charge in [-0.25, -0.2) is 4.98 Å². The van der Waals surface area contributed by atoms with Gasteiger partial charge in [0.25, 0.3) is 0 Å². The van der Waals surface area contributed by atoms with Crippen LogP contribution in [0.3, 0.4) is 0 Å². The second kappa shape index (κ2) is 5.34. The van der Waals surface area contributed by atoms with Crippen molar-refractivity contribution in [3.63, 3.8) is 0 Å². The molecule has 17 heavy (non-hydrogen) atoms. The van der Waals surface area contributed by atoms with Gasteiger partial charge in [0.15, 0.2) is 0 Å². The zero-order chi connectivity index (χ0) is 12.3. The molecule has 94 valence electrons. The molecule has 1 saturated heterocycles. The molecule has 1 fully saturated rings. The van der Waals surface area contributed by atoms with Gasteiger partial charge < -0.3 is 10.6 Å². The molecule has 2 rings (SSSR count). The second-order valence-electron chi connectivity index (χ2n) is 5.20. The van der Waals surface area contributed by atoms with Gasteiger partial charge >= 0.3 is 0 Å². The first-order valence-corrected chi connectivity index (χ1v) is 6.50. The van der Waals surface area contributed by atoms with E-state index < -0.39 is 0 Å². The molecule has 0 aromatic carbocycles. The number of anilines is 2. The topological polar surface area (TPSA) is 55.0 Å². The number of nitrogens with two attached hydrogens (primary N) is 1. The summed E-state index contributed by atoms with van der Waals surface area (Å²) < 4.78 is 0. The van der Waals surface area contributed by atoms with E-state index in [0.29, 0.717) is 5.95 Å². The van der Waals surface area contributed by atoms with Crippen LogP contribution in [-0.2, 0) is 0 Å². The van der Waals surface area contributed by atoms with Gasteiger partial charge in [0, 0.05) is 19.3 Å². The van der Waals surface area contributed by atoms with E-state index in [0.717, 1.165) is 30.7 Å². The number of nitrogen functional groups attached to an aromatic ring is 1. The number of hydrogen-bond acceptors (Lipinski definition) is 4. The summed E-state index contributed by atoms with van der Waals surface area (Å²) in [4.78, 5) is 10.6. The molecule has 0 aliphatic carbocycles. The van der Waals surface area contributed by atoms with Crippen LogP contribution in [-0.4, -0.2) is 23.1 Å². The molecule has 1 unspecified atom stereocenters. The van der Waals surface area contributed by atoms with E-state index in [2.05, 4.69) is 28.7 Å². The first kappa shape index (κ1) is 12.1. The minimum absolute atomic E-state index is 0.368. The molecule has 4 nitrogen and oxygen atoms in total. The molecule has 1 aliphatic rings. The van der Waals surface area contributed by atoms with Crippen molar-refractivity contribution >= 4 is 11.8 Å². The van der Waals surface area contributed by atoms with Gasteiger partial charge in [-0.3, -0.25) is 0 Å². The fourth-order valence-corrected chi connectivity index (χ4v) is 2.56. The first-order valence-electron chi connectivity index (χ1n) is 6.50. The number of rotatable bonds is 2. The molecule has 0 amide bonds. The molecule has 0 spiro atoms. The minimum Gasteiger partial charge on any atom is -0.368 e. The highest BCUT2D eigenvalue weighted by atomic mass is 15.2. The van der Waals surface area contributed by atoms with Crippen LogP contribution in [0.2, 0.25) is 0 Å². The molecule has 1 aromatic rings. The highest BCUT2D eigenvalue weighted by Crippen LogP contribution is 2.26. The van der Waals surface area contributed by atoms with Gasteiger partial charge in [-0.05, 0) is 37.2 Å². The maximum absolute atomic E-state index is 5.63. The third kappa shape index (κ3) is 3.08. The number of nitrogens with zero attached hydrogens (tertiary/aromatic N) is 3. The lowest BCUT2D eigenvalue weighted by Gasteiger charge is -2.22. The summed E-state index contributed by atoms with van der Waals surface area (Å²) in [6, 6.07) is 1.95. The van der Waals surface area contributed by atoms with E-state index in [1.807, 2.05) is 6.07 Å². The van der Waals surface area contributed by atoms with Gasteiger partial charge in [-0.2, -0.15) is 4.98 Å². The van der Waals surface area contributed by atoms with Crippen LogP contribution in [0.5, 0.6) is 0 Å². The molecule has 4 heteroatoms. The average Bonchev–Trinajstić information content (AvgIpc) is 2.54. The number of hydrogen-bond donors (Lipinski definition) is 1. The fourth-order valence-electron chi connectivity index (χ4n) is 2.56. The minimum atomic E-state index is 0.368. The molecule has 0 saturated carbocycles. The van der Waals surface area contributed by atoms with Crippen LogP contribution in [0.25, 0.3) is 0 Å². The van der Waals surface area contributed by atoms with E-state index in [4.69, 9.17) is 5.73 Å². The molecular weight excluding hydrogens is 212 g/mol. The lowest BCUT2D eigenvalue weighted by atomic mass is 9.89. The largest absolute Gasteiger partial charge is 0.368 e. The molecule has 1 aromatic heterocycles. The summed E-state index contributed by atoms with van der Waals surface area (Å²) in [6.45, 7) is 6.81. The van der Waals surface area contributed by atoms with Crippen LogP contribution < -0.4 is 10.6 Å². The van der Waals surface area contributed by atoms with E-state index in [-0.39, 0.29) is 0 Å². The SMILES string of the molecule is CC(C)C1CCCN(c2ccnc(N)n2)CC1. The van der Waals surface area contributed by atoms with Crippen LogP contribution in [0.4, 0.5) is 11.8 Å². The van der Waals surface area contributed by atoms with Crippen LogP contribution in [0, 0.1) is 11.8 Å². The van der Waals surface area contributed by atoms with E-state index in [1.54, 1.807) is 6.20 Å². The molecule has 0 radical (unpaired) electrons. The summed E-state index contributed by atoms with van der Waals surface area (Å²) in [7, 11) is 0. The smallest absolute Gasteiger partial charge is 0.221 e. The normalized spacial score (nSPS) is 21.6. The number of aromatic nitrogens is 2. The Morgan fingerprint density at radius 3 is 2.88 bits per heavy atom. The fraction of sp³-hybridized carbons (Fsp3) is 0.692. The van der Waals surface area contributed by atoms with Crippen LogP contribution >= 0.6 is 0 Å². The van der Waals surface area contributed by atoms with Crippen LogP contribution in [0.15, 0.2) is 12.3 Å². The van der Waals surface area contributed by atoms with Crippen molar-refractivity contribution in [1.82, 2.24) is 9.97 Å². The van der Waals surface area contributed by atoms with Crippen molar-refractivity contribution in [2.75, 3.05) is 23.7 Å². The highest BCUT2D eigenvalue weighted by molar-refractivity contribution is 5.40. The Hall–Kier alpha value is -1.32. The molecular formula is C13H22N4. The predicted molar refractivity (Wildman–Crippen MR) is 70.8 cm³/mol. The van der Waals surface area contributed by atoms with Gasteiger partial charge in [0.05, 0.1) is 0 Å². The Morgan fingerprint density at radius 2 is 2.18 bits per heavy atom. The lowest BCUT2D eigenvalue weighted by molar-refractivity contribution is 0.351. The third-order valence-electron chi connectivity index (χ3n) is 3.70. The third-order valence-corrected chi connectivity index (χ3v) is 3.70. The van der Waals surface area contributed by atoms with Gasteiger partial charge in [-0.15, -0.1) is 0 Å². The Kier molecular flexibility index (Phi) is 3.82. The van der Waals surface area contributed by atoms with Gasteiger partial charge in [0.2, 0.25) is 5.95 Å². The molecule has 2 N–H and O–H groups in total. The quantitative estimate of drug-likeness (QED) is 0.853. The van der Waals surface area contributed by atoms with Crippen molar-refractivity contribution in [2.45, 2.75) is 33.1 Å². The first-order chi connectivity index (χ1) is 8.16.